The predicted octanol–water partition coefficient (Wildman–Crippen LogP) is 5.67. The molecule has 14 heteroatoms. The van der Waals surface area contributed by atoms with Crippen LogP contribution in [0.3, 0.4) is 0 Å². The molecule has 4 N–H and O–H groups in total. The molecule has 1 saturated heterocycles. The van der Waals surface area contributed by atoms with Gasteiger partial charge in [0.05, 0.1) is 49.7 Å². The first-order chi connectivity index (χ1) is 26.1. The second-order valence-corrected chi connectivity index (χ2v) is 15.1. The van der Waals surface area contributed by atoms with Crippen molar-refractivity contribution in [1.82, 2.24) is 40.4 Å². The third-order valence-electron chi connectivity index (χ3n) is 11.3. The Labute approximate surface area is 312 Å². The fourth-order valence-electron chi connectivity index (χ4n) is 8.18. The van der Waals surface area contributed by atoms with Crippen molar-refractivity contribution in [3.63, 3.8) is 0 Å². The summed E-state index contributed by atoms with van der Waals surface area (Å²) in [6.07, 6.45) is 5.63. The van der Waals surface area contributed by atoms with Gasteiger partial charge in [0.1, 0.15) is 24.7 Å². The van der Waals surface area contributed by atoms with E-state index in [4.69, 9.17) is 9.97 Å². The molecule has 280 valence electrons. The van der Waals surface area contributed by atoms with Crippen LogP contribution in [0.1, 0.15) is 56.7 Å². The van der Waals surface area contributed by atoms with Crippen molar-refractivity contribution in [2.75, 3.05) is 33.9 Å². The van der Waals surface area contributed by atoms with Crippen LogP contribution >= 0.6 is 0 Å². The van der Waals surface area contributed by atoms with Crippen LogP contribution in [0.4, 0.5) is 9.59 Å². The summed E-state index contributed by atoms with van der Waals surface area (Å²) in [6, 6.07) is 18.8. The Morgan fingerprint density at radius 1 is 0.907 bits per heavy atom. The first-order valence-electron chi connectivity index (χ1n) is 18.4. The molecule has 0 radical (unpaired) electrons. The van der Waals surface area contributed by atoms with Crippen LogP contribution in [0.2, 0.25) is 0 Å². The molecule has 0 unspecified atom stereocenters. The van der Waals surface area contributed by atoms with Gasteiger partial charge in [-0.25, -0.2) is 19.6 Å². The van der Waals surface area contributed by atoms with E-state index in [9.17, 15) is 19.2 Å². The van der Waals surface area contributed by atoms with Gasteiger partial charge in [-0.3, -0.25) is 9.59 Å². The lowest BCUT2D eigenvalue weighted by atomic mass is 9.98. The summed E-state index contributed by atoms with van der Waals surface area (Å²) in [6.45, 7) is 2.82. The molecule has 14 nitrogen and oxygen atoms in total. The molecule has 1 aliphatic heterocycles. The number of rotatable bonds is 11. The Morgan fingerprint density at radius 2 is 1.63 bits per heavy atom. The first kappa shape index (κ1) is 35.1. The van der Waals surface area contributed by atoms with Crippen LogP contribution in [-0.4, -0.2) is 93.6 Å². The molecule has 3 aromatic carbocycles. The highest BCUT2D eigenvalue weighted by Crippen LogP contribution is 2.50. The number of aromatic nitrogens is 4. The summed E-state index contributed by atoms with van der Waals surface area (Å²) in [5, 5.41) is 7.12. The number of carbonyl (C=O) groups is 4. The number of piperidine rings is 1. The van der Waals surface area contributed by atoms with Crippen LogP contribution in [0.5, 0.6) is 0 Å². The molecule has 2 aliphatic carbocycles. The zero-order valence-electron chi connectivity index (χ0n) is 30.6. The SMILES string of the molecule is COC(=O)NCC(=O)N(Cc1nc2ccc3cc(-c4ccc(-c5cnc([C@@H]6[C@H]7CC[C@H](C7)N6C(=O)CNC(=O)OC)[nH]5)cc4)ccc3c2[nH]1)CC1(C)CC1. The quantitative estimate of drug-likeness (QED) is 0.135. The molecule has 2 bridgehead atoms. The van der Waals surface area contributed by atoms with E-state index < -0.39 is 12.2 Å². The molecular formula is C40H44N8O6. The topological polar surface area (TPSA) is 175 Å². The van der Waals surface area contributed by atoms with E-state index in [0.29, 0.717) is 24.8 Å². The number of fused-ring (bicyclic) bond motifs is 5. The number of H-pyrrole nitrogens is 2. The average Bonchev–Trinajstić information content (AvgIpc) is 3.71. The van der Waals surface area contributed by atoms with Crippen LogP contribution in [0.15, 0.2) is 60.8 Å². The van der Waals surface area contributed by atoms with Gasteiger partial charge in [0.15, 0.2) is 0 Å². The van der Waals surface area contributed by atoms with Gasteiger partial charge in [0, 0.05) is 18.0 Å². The fraction of sp³-hybridized carbons (Fsp3) is 0.400. The minimum Gasteiger partial charge on any atom is -0.453 e. The normalized spacial score (nSPS) is 19.5. The van der Waals surface area contributed by atoms with Crippen molar-refractivity contribution in [1.29, 1.82) is 0 Å². The number of nitrogens with one attached hydrogen (secondary N) is 4. The number of nitrogens with zero attached hydrogens (tertiary/aromatic N) is 4. The lowest BCUT2D eigenvalue weighted by Gasteiger charge is -2.34. The number of methoxy groups -OCH3 is 2. The Hall–Kier alpha value is -5.92. The van der Waals surface area contributed by atoms with E-state index in [-0.39, 0.29) is 42.4 Å². The number of imidazole rings is 2. The van der Waals surface area contributed by atoms with E-state index >= 15 is 0 Å². The summed E-state index contributed by atoms with van der Waals surface area (Å²) < 4.78 is 9.27. The number of alkyl carbamates (subject to hydrolysis) is 2. The number of hydrogen-bond acceptors (Lipinski definition) is 8. The molecule has 3 fully saturated rings. The van der Waals surface area contributed by atoms with Gasteiger partial charge in [0.25, 0.3) is 0 Å². The molecule has 3 aliphatic rings. The Balaban J connectivity index is 0.974. The maximum atomic E-state index is 13.2. The Kier molecular flexibility index (Phi) is 9.20. The summed E-state index contributed by atoms with van der Waals surface area (Å²) in [7, 11) is 2.55. The molecule has 4 amide bonds. The van der Waals surface area contributed by atoms with Crippen LogP contribution < -0.4 is 10.6 Å². The highest BCUT2D eigenvalue weighted by Gasteiger charge is 2.49. The second kappa shape index (κ2) is 14.1. The molecule has 8 rings (SSSR count). The van der Waals surface area contributed by atoms with Crippen molar-refractivity contribution >= 4 is 45.8 Å². The molecule has 5 aromatic rings. The van der Waals surface area contributed by atoms with Crippen molar-refractivity contribution in [2.24, 2.45) is 11.3 Å². The van der Waals surface area contributed by atoms with Crippen molar-refractivity contribution < 1.29 is 28.7 Å². The third kappa shape index (κ3) is 6.95. The summed E-state index contributed by atoms with van der Waals surface area (Å²) in [5.41, 5.74) is 5.82. The van der Waals surface area contributed by atoms with Gasteiger partial charge < -0.3 is 39.9 Å². The van der Waals surface area contributed by atoms with Gasteiger partial charge in [0.2, 0.25) is 11.8 Å². The van der Waals surface area contributed by atoms with E-state index in [1.807, 2.05) is 17.2 Å². The third-order valence-corrected chi connectivity index (χ3v) is 11.3. The van der Waals surface area contributed by atoms with Crippen LogP contribution in [0.25, 0.3) is 44.2 Å². The average molecular weight is 733 g/mol. The summed E-state index contributed by atoms with van der Waals surface area (Å²) >= 11 is 0. The maximum Gasteiger partial charge on any atom is 0.407 e. The maximum absolute atomic E-state index is 13.2. The van der Waals surface area contributed by atoms with Gasteiger partial charge >= 0.3 is 12.2 Å². The summed E-state index contributed by atoms with van der Waals surface area (Å²) in [4.78, 5) is 69.7. The van der Waals surface area contributed by atoms with Gasteiger partial charge in [-0.2, -0.15) is 0 Å². The number of benzene rings is 3. The van der Waals surface area contributed by atoms with Crippen molar-refractivity contribution in [2.45, 2.75) is 57.7 Å². The Bertz CT molecular complexity index is 2240. The first-order valence-corrected chi connectivity index (χ1v) is 18.4. The second-order valence-electron chi connectivity index (χ2n) is 15.1. The van der Waals surface area contributed by atoms with Crippen molar-refractivity contribution in [3.05, 3.63) is 72.4 Å². The number of hydrogen-bond donors (Lipinski definition) is 4. The van der Waals surface area contributed by atoms with Gasteiger partial charge in [-0.1, -0.05) is 49.4 Å². The van der Waals surface area contributed by atoms with Crippen LogP contribution in [0, 0.1) is 11.3 Å². The van der Waals surface area contributed by atoms with Gasteiger partial charge in [-0.15, -0.1) is 0 Å². The molecule has 3 atom stereocenters. The zero-order chi connectivity index (χ0) is 37.6. The minimum absolute atomic E-state index is 0.0842. The molecule has 2 aromatic heterocycles. The lowest BCUT2D eigenvalue weighted by molar-refractivity contribution is -0.135. The van der Waals surface area contributed by atoms with Crippen LogP contribution in [-0.2, 0) is 25.6 Å². The molecule has 0 spiro atoms. The van der Waals surface area contributed by atoms with E-state index in [1.165, 1.54) is 14.2 Å². The lowest BCUT2D eigenvalue weighted by Crippen LogP contribution is -2.45. The minimum atomic E-state index is -0.638. The van der Waals surface area contributed by atoms with E-state index in [1.54, 1.807) is 4.90 Å². The highest BCUT2D eigenvalue weighted by molar-refractivity contribution is 6.05. The number of aromatic amines is 2. The van der Waals surface area contributed by atoms with E-state index in [0.717, 1.165) is 82.1 Å². The number of ether oxygens (including phenoxy) is 2. The standard InChI is InChI=1S/C40H44N8O6/c1-40(14-15-40)22-47(33(49)19-42-38(51)53-2)21-32-44-30-13-10-26-16-25(9-12-29(26)35(30)46-32)23-4-6-24(7-5-23)31-18-41-37(45-31)36-27-8-11-28(17-27)48(36)34(50)20-43-39(52)54-3/h4-7,9-10,12-13,16,18,27-28,36H,8,11,14-15,17,19-22H2,1-3H3,(H,41,45)(H,42,51)(H,43,52)(H,44,46)/t27-,28+,36-/m0/s1. The van der Waals surface area contributed by atoms with Gasteiger partial charge in [-0.05, 0) is 77.6 Å². The number of amides is 4. The zero-order valence-corrected chi connectivity index (χ0v) is 30.6. The monoisotopic (exact) mass is 732 g/mol. The smallest absolute Gasteiger partial charge is 0.407 e. The fourth-order valence-corrected chi connectivity index (χ4v) is 8.18. The van der Waals surface area contributed by atoms with E-state index in [2.05, 4.69) is 85.5 Å². The summed E-state index contributed by atoms with van der Waals surface area (Å²) in [5.74, 6) is 1.46. The largest absolute Gasteiger partial charge is 0.453 e. The number of likely N-dealkylation sites (tertiary alicyclic amines) is 1. The van der Waals surface area contributed by atoms with Crippen molar-refractivity contribution in [3.8, 4) is 22.4 Å². The molecular weight excluding hydrogens is 688 g/mol. The molecule has 2 saturated carbocycles. The number of carbonyl (C=O) groups excluding carboxylic acids is 4. The predicted molar refractivity (Wildman–Crippen MR) is 201 cm³/mol. The molecule has 3 heterocycles. The molecule has 54 heavy (non-hydrogen) atoms. The Morgan fingerprint density at radius 3 is 2.37 bits per heavy atom. The highest BCUT2D eigenvalue weighted by atomic mass is 16.5.